The van der Waals surface area contributed by atoms with E-state index in [1.807, 2.05) is 12.3 Å². The molecule has 4 heterocycles. The Hall–Kier alpha value is -1.17. The summed E-state index contributed by atoms with van der Waals surface area (Å²) in [6.07, 6.45) is 4.50. The molecule has 2 aliphatic rings. The summed E-state index contributed by atoms with van der Waals surface area (Å²) in [5.74, 6) is 1.58. The normalized spacial score (nSPS) is 26.8. The first-order valence-electron chi connectivity index (χ1n) is 7.32. The van der Waals surface area contributed by atoms with E-state index in [4.69, 9.17) is 4.42 Å². The lowest BCUT2D eigenvalue weighted by molar-refractivity contribution is 0.309. The van der Waals surface area contributed by atoms with Crippen molar-refractivity contribution in [2.24, 2.45) is 5.92 Å². The summed E-state index contributed by atoms with van der Waals surface area (Å²) in [5, 5.41) is 5.69. The minimum absolute atomic E-state index is 0.687. The van der Waals surface area contributed by atoms with Crippen molar-refractivity contribution in [3.63, 3.8) is 0 Å². The largest absolute Gasteiger partial charge is 0.444 e. The second-order valence-corrected chi connectivity index (χ2v) is 6.73. The van der Waals surface area contributed by atoms with Crippen LogP contribution in [0.1, 0.15) is 18.5 Å². The summed E-state index contributed by atoms with van der Waals surface area (Å²) in [4.78, 5) is 8.22. The minimum Gasteiger partial charge on any atom is -0.444 e. The van der Waals surface area contributed by atoms with E-state index in [0.717, 1.165) is 35.5 Å². The quantitative estimate of drug-likeness (QED) is 0.943. The van der Waals surface area contributed by atoms with Gasteiger partial charge in [-0.2, -0.15) is 0 Å². The number of oxazole rings is 1. The van der Waals surface area contributed by atoms with E-state index >= 15 is 0 Å². The first kappa shape index (κ1) is 12.6. The smallest absolute Gasteiger partial charge is 0.236 e. The third kappa shape index (κ3) is 2.41. The fourth-order valence-corrected chi connectivity index (χ4v) is 4.04. The number of rotatable bonds is 3. The Labute approximate surface area is 122 Å². The second kappa shape index (κ2) is 5.31. The third-order valence-electron chi connectivity index (χ3n) is 4.34. The van der Waals surface area contributed by atoms with E-state index in [1.165, 1.54) is 25.9 Å². The van der Waals surface area contributed by atoms with Crippen LogP contribution in [0, 0.1) is 5.92 Å². The van der Waals surface area contributed by atoms with Crippen LogP contribution in [0.4, 0.5) is 0 Å². The Morgan fingerprint density at radius 3 is 3.30 bits per heavy atom. The molecule has 2 saturated heterocycles. The molecule has 0 saturated carbocycles. The lowest BCUT2D eigenvalue weighted by Crippen LogP contribution is -2.40. The Balaban J connectivity index is 1.42. The van der Waals surface area contributed by atoms with E-state index in [-0.39, 0.29) is 0 Å². The number of nitrogens with one attached hydrogen (secondary N) is 1. The third-order valence-corrected chi connectivity index (χ3v) is 5.20. The van der Waals surface area contributed by atoms with Gasteiger partial charge in [-0.05, 0) is 36.8 Å². The topological polar surface area (TPSA) is 41.3 Å². The van der Waals surface area contributed by atoms with E-state index in [9.17, 15) is 0 Å². The number of fused-ring (bicyclic) bond motifs is 1. The van der Waals surface area contributed by atoms with Gasteiger partial charge >= 0.3 is 0 Å². The first-order chi connectivity index (χ1) is 9.88. The minimum atomic E-state index is 0.687. The number of thiophene rings is 1. The standard InChI is InChI=1S/C15H19N3OS/c1-3-11-7-18(9-13(11)16-5-1)8-12-10-19-15(17-12)14-4-2-6-20-14/h2,4,6,10-11,13,16H,1,3,5,7-9H2. The van der Waals surface area contributed by atoms with Crippen molar-refractivity contribution < 1.29 is 4.42 Å². The van der Waals surface area contributed by atoms with Crippen molar-refractivity contribution in [3.05, 3.63) is 29.5 Å². The van der Waals surface area contributed by atoms with Crippen LogP contribution in [0.25, 0.3) is 10.8 Å². The Bertz CT molecular complexity index is 551. The predicted octanol–water partition coefficient (Wildman–Crippen LogP) is 2.59. The SMILES string of the molecule is c1csc(-c2nc(CN3CC4CCCNC4C3)co2)c1. The van der Waals surface area contributed by atoms with Crippen LogP contribution < -0.4 is 5.32 Å². The van der Waals surface area contributed by atoms with Crippen LogP contribution in [0.2, 0.25) is 0 Å². The van der Waals surface area contributed by atoms with Gasteiger partial charge in [0, 0.05) is 25.7 Å². The van der Waals surface area contributed by atoms with Gasteiger partial charge in [-0.1, -0.05) is 6.07 Å². The number of piperidine rings is 1. The predicted molar refractivity (Wildman–Crippen MR) is 79.6 cm³/mol. The van der Waals surface area contributed by atoms with Crippen LogP contribution in [0.3, 0.4) is 0 Å². The van der Waals surface area contributed by atoms with Crippen molar-refractivity contribution in [1.29, 1.82) is 0 Å². The molecule has 20 heavy (non-hydrogen) atoms. The van der Waals surface area contributed by atoms with Gasteiger partial charge in [-0.3, -0.25) is 4.90 Å². The maximum absolute atomic E-state index is 5.60. The van der Waals surface area contributed by atoms with E-state index < -0.39 is 0 Å². The Morgan fingerprint density at radius 1 is 1.45 bits per heavy atom. The molecule has 5 heteroatoms. The number of nitrogens with zero attached hydrogens (tertiary/aromatic N) is 2. The summed E-state index contributed by atoms with van der Waals surface area (Å²) >= 11 is 1.67. The highest BCUT2D eigenvalue weighted by Crippen LogP contribution is 2.27. The molecule has 0 aromatic carbocycles. The average Bonchev–Trinajstić information content (AvgIpc) is 3.18. The molecule has 0 amide bonds. The van der Waals surface area contributed by atoms with Crippen molar-refractivity contribution in [1.82, 2.24) is 15.2 Å². The van der Waals surface area contributed by atoms with Gasteiger partial charge in [0.25, 0.3) is 0 Å². The molecule has 0 spiro atoms. The van der Waals surface area contributed by atoms with Gasteiger partial charge in [0.1, 0.15) is 6.26 Å². The van der Waals surface area contributed by atoms with Gasteiger partial charge in [0.2, 0.25) is 5.89 Å². The number of likely N-dealkylation sites (tertiary alicyclic amines) is 1. The highest BCUT2D eigenvalue weighted by atomic mass is 32.1. The van der Waals surface area contributed by atoms with Crippen LogP contribution in [-0.4, -0.2) is 35.6 Å². The molecule has 4 nitrogen and oxygen atoms in total. The molecular formula is C15H19N3OS. The summed E-state index contributed by atoms with van der Waals surface area (Å²) in [5.41, 5.74) is 1.05. The summed E-state index contributed by atoms with van der Waals surface area (Å²) in [6, 6.07) is 4.77. The van der Waals surface area contributed by atoms with Crippen LogP contribution in [0.15, 0.2) is 28.2 Å². The van der Waals surface area contributed by atoms with E-state index in [2.05, 4.69) is 26.6 Å². The zero-order valence-corrected chi connectivity index (χ0v) is 12.2. The molecule has 2 aromatic heterocycles. The second-order valence-electron chi connectivity index (χ2n) is 5.78. The zero-order valence-electron chi connectivity index (χ0n) is 11.4. The molecule has 0 radical (unpaired) electrons. The molecule has 0 bridgehead atoms. The number of hydrogen-bond donors (Lipinski definition) is 1. The molecule has 4 rings (SSSR count). The van der Waals surface area contributed by atoms with Crippen molar-refractivity contribution in [3.8, 4) is 10.8 Å². The maximum Gasteiger partial charge on any atom is 0.236 e. The average molecular weight is 289 g/mol. The van der Waals surface area contributed by atoms with Gasteiger partial charge < -0.3 is 9.73 Å². The van der Waals surface area contributed by atoms with Gasteiger partial charge in [0.05, 0.1) is 10.6 Å². The van der Waals surface area contributed by atoms with Crippen LogP contribution >= 0.6 is 11.3 Å². The molecule has 106 valence electrons. The van der Waals surface area contributed by atoms with Crippen molar-refractivity contribution >= 4 is 11.3 Å². The Kier molecular flexibility index (Phi) is 3.34. The fraction of sp³-hybridized carbons (Fsp3) is 0.533. The molecule has 2 aliphatic heterocycles. The Morgan fingerprint density at radius 2 is 2.45 bits per heavy atom. The highest BCUT2D eigenvalue weighted by molar-refractivity contribution is 7.13. The molecule has 1 N–H and O–H groups in total. The molecular weight excluding hydrogens is 270 g/mol. The summed E-state index contributed by atoms with van der Waals surface area (Å²) in [6.45, 7) is 4.43. The summed E-state index contributed by atoms with van der Waals surface area (Å²) < 4.78 is 5.60. The van der Waals surface area contributed by atoms with Crippen LogP contribution in [-0.2, 0) is 6.54 Å². The van der Waals surface area contributed by atoms with E-state index in [0.29, 0.717) is 6.04 Å². The van der Waals surface area contributed by atoms with Crippen molar-refractivity contribution in [2.45, 2.75) is 25.4 Å². The zero-order chi connectivity index (χ0) is 13.4. The highest BCUT2D eigenvalue weighted by Gasteiger charge is 2.34. The fourth-order valence-electron chi connectivity index (χ4n) is 3.39. The van der Waals surface area contributed by atoms with Gasteiger partial charge in [0.15, 0.2) is 0 Å². The molecule has 2 fully saturated rings. The first-order valence-corrected chi connectivity index (χ1v) is 8.20. The molecule has 2 unspecified atom stereocenters. The van der Waals surface area contributed by atoms with E-state index in [1.54, 1.807) is 11.3 Å². The number of hydrogen-bond acceptors (Lipinski definition) is 5. The molecule has 0 aliphatic carbocycles. The lowest BCUT2D eigenvalue weighted by atomic mass is 9.94. The number of aromatic nitrogens is 1. The van der Waals surface area contributed by atoms with Crippen molar-refractivity contribution in [2.75, 3.05) is 19.6 Å². The molecule has 2 atom stereocenters. The van der Waals surface area contributed by atoms with Crippen LogP contribution in [0.5, 0.6) is 0 Å². The van der Waals surface area contributed by atoms with Gasteiger partial charge in [-0.15, -0.1) is 11.3 Å². The van der Waals surface area contributed by atoms with Gasteiger partial charge in [-0.25, -0.2) is 4.98 Å². The maximum atomic E-state index is 5.60. The lowest BCUT2D eigenvalue weighted by Gasteiger charge is -2.24. The molecule has 2 aromatic rings. The summed E-state index contributed by atoms with van der Waals surface area (Å²) in [7, 11) is 0. The monoisotopic (exact) mass is 289 g/mol.